The summed E-state index contributed by atoms with van der Waals surface area (Å²) in [6, 6.07) is 7.67. The van der Waals surface area contributed by atoms with E-state index in [1.54, 1.807) is 10.7 Å². The summed E-state index contributed by atoms with van der Waals surface area (Å²) in [4.78, 5) is 2.31. The molecule has 1 aromatic carbocycles. The van der Waals surface area contributed by atoms with E-state index in [4.69, 9.17) is 10.00 Å². The second kappa shape index (κ2) is 6.44. The molecular formula is C16H20N6O. The summed E-state index contributed by atoms with van der Waals surface area (Å²) < 4.78 is 7.52. The van der Waals surface area contributed by atoms with Gasteiger partial charge in [-0.2, -0.15) is 9.94 Å². The molecule has 0 bridgehead atoms. The first-order chi connectivity index (χ1) is 11.1. The topological polar surface area (TPSA) is 79.9 Å². The number of ether oxygens (including phenoxy) is 1. The monoisotopic (exact) mass is 312 g/mol. The van der Waals surface area contributed by atoms with Crippen molar-refractivity contribution in [2.75, 3.05) is 13.1 Å². The van der Waals surface area contributed by atoms with Gasteiger partial charge in [0, 0.05) is 13.1 Å². The average molecular weight is 312 g/mol. The summed E-state index contributed by atoms with van der Waals surface area (Å²) in [5.41, 5.74) is 2.51. The molecular weight excluding hydrogens is 292 g/mol. The van der Waals surface area contributed by atoms with Crippen LogP contribution < -0.4 is 0 Å². The molecule has 1 saturated heterocycles. The minimum atomic E-state index is 0.208. The molecule has 0 amide bonds. The van der Waals surface area contributed by atoms with Crippen LogP contribution in [0, 0.1) is 18.3 Å². The van der Waals surface area contributed by atoms with Crippen molar-refractivity contribution in [3.8, 4) is 11.8 Å². The van der Waals surface area contributed by atoms with E-state index in [2.05, 4.69) is 40.3 Å². The molecule has 2 heterocycles. The van der Waals surface area contributed by atoms with Gasteiger partial charge in [0.1, 0.15) is 0 Å². The lowest BCUT2D eigenvalue weighted by Crippen LogP contribution is -2.45. The maximum Gasteiger partial charge on any atom is 0.170 e. The minimum absolute atomic E-state index is 0.208. The number of benzene rings is 1. The van der Waals surface area contributed by atoms with Crippen molar-refractivity contribution in [1.82, 2.24) is 25.1 Å². The number of morpholine rings is 1. The molecule has 7 nitrogen and oxygen atoms in total. The largest absolute Gasteiger partial charge is 0.373 e. The maximum atomic E-state index is 8.99. The third-order valence-corrected chi connectivity index (χ3v) is 3.95. The number of hydrogen-bond donors (Lipinski definition) is 0. The van der Waals surface area contributed by atoms with Crippen molar-refractivity contribution in [2.24, 2.45) is 0 Å². The Morgan fingerprint density at radius 3 is 2.70 bits per heavy atom. The van der Waals surface area contributed by atoms with Crippen LogP contribution in [0.2, 0.25) is 0 Å². The molecule has 2 unspecified atom stereocenters. The number of nitrogens with zero attached hydrogens (tertiary/aromatic N) is 6. The Bertz CT molecular complexity index is 724. The summed E-state index contributed by atoms with van der Waals surface area (Å²) in [6.45, 7) is 8.52. The number of nitriles is 1. The van der Waals surface area contributed by atoms with Gasteiger partial charge < -0.3 is 4.74 Å². The van der Waals surface area contributed by atoms with Crippen molar-refractivity contribution < 1.29 is 4.74 Å². The lowest BCUT2D eigenvalue weighted by Gasteiger charge is -2.34. The number of aromatic nitrogens is 4. The number of tetrazole rings is 1. The molecule has 1 aliphatic heterocycles. The van der Waals surface area contributed by atoms with Gasteiger partial charge >= 0.3 is 0 Å². The molecule has 3 rings (SSSR count). The highest BCUT2D eigenvalue weighted by atomic mass is 16.5. The van der Waals surface area contributed by atoms with Gasteiger partial charge in [-0.15, -0.1) is 5.10 Å². The molecule has 0 aliphatic carbocycles. The fraction of sp³-hybridized carbons (Fsp3) is 0.500. The zero-order valence-corrected chi connectivity index (χ0v) is 13.6. The summed E-state index contributed by atoms with van der Waals surface area (Å²) in [5.74, 6) is 0.791. The van der Waals surface area contributed by atoms with Crippen LogP contribution in [0.25, 0.3) is 5.69 Å². The van der Waals surface area contributed by atoms with E-state index in [0.29, 0.717) is 12.1 Å². The second-order valence-electron chi connectivity index (χ2n) is 6.07. The average Bonchev–Trinajstić information content (AvgIpc) is 2.94. The molecule has 0 radical (unpaired) electrons. The van der Waals surface area contributed by atoms with Gasteiger partial charge in [-0.3, -0.25) is 4.90 Å². The van der Waals surface area contributed by atoms with Crippen LogP contribution in [0.3, 0.4) is 0 Å². The fourth-order valence-corrected chi connectivity index (χ4v) is 3.07. The van der Waals surface area contributed by atoms with E-state index >= 15 is 0 Å². The van der Waals surface area contributed by atoms with E-state index < -0.39 is 0 Å². The normalized spacial score (nSPS) is 22.0. The quantitative estimate of drug-likeness (QED) is 0.853. The van der Waals surface area contributed by atoms with Crippen molar-refractivity contribution >= 4 is 0 Å². The summed E-state index contributed by atoms with van der Waals surface area (Å²) in [6.07, 6.45) is 0.416. The molecule has 2 aromatic rings. The second-order valence-corrected chi connectivity index (χ2v) is 6.07. The van der Waals surface area contributed by atoms with Crippen LogP contribution in [0.1, 0.15) is 30.8 Å². The first kappa shape index (κ1) is 15.6. The van der Waals surface area contributed by atoms with Crippen LogP contribution in [0.5, 0.6) is 0 Å². The van der Waals surface area contributed by atoms with Gasteiger partial charge in [-0.05, 0) is 55.0 Å². The first-order valence-electron chi connectivity index (χ1n) is 7.73. The Balaban J connectivity index is 1.84. The van der Waals surface area contributed by atoms with Crippen LogP contribution in [0.15, 0.2) is 18.2 Å². The zero-order chi connectivity index (χ0) is 16.4. The Morgan fingerprint density at radius 1 is 1.30 bits per heavy atom. The SMILES string of the molecule is Cc1cc(C#N)ccc1-n1nnnc1CN1CC(C)OC(C)C1. The predicted octanol–water partition coefficient (Wildman–Crippen LogP) is 1.45. The third-order valence-electron chi connectivity index (χ3n) is 3.95. The number of rotatable bonds is 3. The molecule has 1 aromatic heterocycles. The molecule has 0 spiro atoms. The number of aryl methyl sites for hydroxylation is 1. The summed E-state index contributed by atoms with van der Waals surface area (Å²) in [7, 11) is 0. The van der Waals surface area contributed by atoms with E-state index in [0.717, 1.165) is 30.2 Å². The molecule has 0 saturated carbocycles. The number of hydrogen-bond acceptors (Lipinski definition) is 6. The maximum absolute atomic E-state index is 8.99. The van der Waals surface area contributed by atoms with Gasteiger partial charge in [0.25, 0.3) is 0 Å². The van der Waals surface area contributed by atoms with Crippen LogP contribution in [-0.2, 0) is 11.3 Å². The molecule has 2 atom stereocenters. The third kappa shape index (κ3) is 3.38. The van der Waals surface area contributed by atoms with Crippen molar-refractivity contribution in [2.45, 2.75) is 39.5 Å². The smallest absolute Gasteiger partial charge is 0.170 e. The van der Waals surface area contributed by atoms with Gasteiger partial charge in [-0.1, -0.05) is 0 Å². The van der Waals surface area contributed by atoms with Crippen molar-refractivity contribution in [3.05, 3.63) is 35.2 Å². The highest BCUT2D eigenvalue weighted by molar-refractivity contribution is 5.45. The van der Waals surface area contributed by atoms with Gasteiger partial charge in [0.05, 0.1) is 36.1 Å². The first-order valence-corrected chi connectivity index (χ1v) is 7.73. The molecule has 23 heavy (non-hydrogen) atoms. The lowest BCUT2D eigenvalue weighted by atomic mass is 10.1. The molecule has 1 aliphatic rings. The predicted molar refractivity (Wildman–Crippen MR) is 83.9 cm³/mol. The minimum Gasteiger partial charge on any atom is -0.373 e. The fourth-order valence-electron chi connectivity index (χ4n) is 3.07. The zero-order valence-electron chi connectivity index (χ0n) is 13.6. The highest BCUT2D eigenvalue weighted by Crippen LogP contribution is 2.18. The summed E-state index contributed by atoms with van der Waals surface area (Å²) >= 11 is 0. The Morgan fingerprint density at radius 2 is 2.04 bits per heavy atom. The van der Waals surface area contributed by atoms with E-state index in [1.807, 2.05) is 19.1 Å². The Labute approximate surface area is 135 Å². The molecule has 120 valence electrons. The van der Waals surface area contributed by atoms with Crippen LogP contribution in [0.4, 0.5) is 0 Å². The highest BCUT2D eigenvalue weighted by Gasteiger charge is 2.24. The van der Waals surface area contributed by atoms with E-state index in [1.165, 1.54) is 0 Å². The Kier molecular flexibility index (Phi) is 4.37. The van der Waals surface area contributed by atoms with Crippen molar-refractivity contribution in [3.63, 3.8) is 0 Å². The molecule has 7 heteroatoms. The van der Waals surface area contributed by atoms with Crippen LogP contribution in [-0.4, -0.2) is 50.4 Å². The van der Waals surface area contributed by atoms with E-state index in [-0.39, 0.29) is 12.2 Å². The van der Waals surface area contributed by atoms with Crippen LogP contribution >= 0.6 is 0 Å². The van der Waals surface area contributed by atoms with Crippen molar-refractivity contribution in [1.29, 1.82) is 5.26 Å². The standard InChI is InChI=1S/C16H20N6O/c1-11-6-14(7-17)4-5-15(11)22-16(18-19-20-22)10-21-8-12(2)23-13(3)9-21/h4-6,12-13H,8-10H2,1-3H3. The lowest BCUT2D eigenvalue weighted by molar-refractivity contribution is -0.0712. The van der Waals surface area contributed by atoms with Gasteiger partial charge in [-0.25, -0.2) is 0 Å². The molecule has 0 N–H and O–H groups in total. The Hall–Kier alpha value is -2.30. The summed E-state index contributed by atoms with van der Waals surface area (Å²) in [5, 5.41) is 21.1. The van der Waals surface area contributed by atoms with Gasteiger partial charge in [0.2, 0.25) is 0 Å². The van der Waals surface area contributed by atoms with E-state index in [9.17, 15) is 0 Å². The van der Waals surface area contributed by atoms with Gasteiger partial charge in [0.15, 0.2) is 5.82 Å². The molecule has 1 fully saturated rings.